The number of halogens is 1. The molecule has 0 spiro atoms. The van der Waals surface area contributed by atoms with Crippen LogP contribution in [0, 0.1) is 5.82 Å². The van der Waals surface area contributed by atoms with E-state index < -0.39 is 0 Å². The molecule has 1 aromatic rings. The quantitative estimate of drug-likeness (QED) is 0.493. The van der Waals surface area contributed by atoms with Crippen molar-refractivity contribution in [2.75, 3.05) is 0 Å². The van der Waals surface area contributed by atoms with Gasteiger partial charge in [-0.1, -0.05) is 64.7 Å². The lowest BCUT2D eigenvalue weighted by molar-refractivity contribution is 0.463. The lowest BCUT2D eigenvalue weighted by Crippen LogP contribution is -1.89. The molecule has 1 aromatic carbocycles. The molecule has 0 saturated carbocycles. The highest BCUT2D eigenvalue weighted by molar-refractivity contribution is 5.32. The van der Waals surface area contributed by atoms with Gasteiger partial charge in [-0.05, 0) is 36.6 Å². The number of benzene rings is 1. The summed E-state index contributed by atoms with van der Waals surface area (Å²) in [5.74, 6) is -0.0350. The van der Waals surface area contributed by atoms with Gasteiger partial charge in [-0.3, -0.25) is 0 Å². The first-order valence-corrected chi connectivity index (χ1v) is 8.21. The van der Waals surface area contributed by atoms with E-state index in [-0.39, 0.29) is 11.6 Å². The van der Waals surface area contributed by atoms with E-state index in [4.69, 9.17) is 0 Å². The Balaban J connectivity index is 1.98. The number of hydrogen-bond acceptors (Lipinski definition) is 1. The molecule has 0 heterocycles. The first-order chi connectivity index (χ1) is 9.74. The van der Waals surface area contributed by atoms with Gasteiger partial charge in [0.1, 0.15) is 11.6 Å². The summed E-state index contributed by atoms with van der Waals surface area (Å²) in [4.78, 5) is 0. The molecule has 0 fully saturated rings. The van der Waals surface area contributed by atoms with Crippen LogP contribution in [0.25, 0.3) is 0 Å². The Hall–Kier alpha value is -1.05. The van der Waals surface area contributed by atoms with Crippen molar-refractivity contribution in [1.29, 1.82) is 0 Å². The van der Waals surface area contributed by atoms with Gasteiger partial charge in [0.2, 0.25) is 0 Å². The molecule has 0 atom stereocenters. The second kappa shape index (κ2) is 10.7. The largest absolute Gasteiger partial charge is 0.508 e. The van der Waals surface area contributed by atoms with Gasteiger partial charge in [-0.25, -0.2) is 4.39 Å². The van der Waals surface area contributed by atoms with Gasteiger partial charge in [0, 0.05) is 0 Å². The summed E-state index contributed by atoms with van der Waals surface area (Å²) in [6.45, 7) is 2.25. The maximum Gasteiger partial charge on any atom is 0.123 e. The average molecular weight is 280 g/mol. The summed E-state index contributed by atoms with van der Waals surface area (Å²) in [5.41, 5.74) is 0.740. The van der Waals surface area contributed by atoms with Crippen molar-refractivity contribution < 1.29 is 9.50 Å². The monoisotopic (exact) mass is 280 g/mol. The van der Waals surface area contributed by atoms with Crippen molar-refractivity contribution in [3.8, 4) is 5.75 Å². The summed E-state index contributed by atoms with van der Waals surface area (Å²) in [6.07, 6.45) is 13.7. The summed E-state index contributed by atoms with van der Waals surface area (Å²) >= 11 is 0. The van der Waals surface area contributed by atoms with Crippen LogP contribution >= 0.6 is 0 Å². The molecule has 0 unspecified atom stereocenters. The van der Waals surface area contributed by atoms with Crippen molar-refractivity contribution in [2.24, 2.45) is 0 Å². The summed E-state index contributed by atoms with van der Waals surface area (Å²) in [7, 11) is 0. The van der Waals surface area contributed by atoms with Crippen LogP contribution in [0.15, 0.2) is 18.2 Å². The number of phenolic OH excluding ortho intramolecular Hbond substituents is 1. The Morgan fingerprint density at radius 2 is 1.40 bits per heavy atom. The van der Waals surface area contributed by atoms with Crippen LogP contribution in [0.3, 0.4) is 0 Å². The fourth-order valence-corrected chi connectivity index (χ4v) is 2.56. The standard InChI is InChI=1S/C18H29FO/c1-2-3-4-5-6-7-8-9-10-11-12-16-15-17(19)13-14-18(16)20/h13-15,20H,2-12H2,1H3. The van der Waals surface area contributed by atoms with E-state index in [9.17, 15) is 9.50 Å². The Bertz CT molecular complexity index is 362. The van der Waals surface area contributed by atoms with E-state index in [2.05, 4.69) is 6.92 Å². The molecular weight excluding hydrogens is 251 g/mol. The lowest BCUT2D eigenvalue weighted by Gasteiger charge is -2.05. The molecule has 0 aromatic heterocycles. The number of hydrogen-bond donors (Lipinski definition) is 1. The van der Waals surface area contributed by atoms with Gasteiger partial charge in [-0.15, -0.1) is 0 Å². The minimum absolute atomic E-state index is 0.224. The van der Waals surface area contributed by atoms with E-state index in [1.54, 1.807) is 0 Å². The van der Waals surface area contributed by atoms with Crippen LogP contribution in [0.5, 0.6) is 5.75 Å². The van der Waals surface area contributed by atoms with Crippen LogP contribution in [-0.2, 0) is 6.42 Å². The van der Waals surface area contributed by atoms with Gasteiger partial charge in [-0.2, -0.15) is 0 Å². The number of unbranched alkanes of at least 4 members (excludes halogenated alkanes) is 9. The zero-order valence-corrected chi connectivity index (χ0v) is 12.8. The Morgan fingerprint density at radius 1 is 0.850 bits per heavy atom. The molecule has 114 valence electrons. The van der Waals surface area contributed by atoms with Crippen molar-refractivity contribution in [1.82, 2.24) is 0 Å². The molecule has 2 heteroatoms. The molecule has 0 aliphatic rings. The first-order valence-electron chi connectivity index (χ1n) is 8.21. The van der Waals surface area contributed by atoms with Gasteiger partial charge >= 0.3 is 0 Å². The number of aryl methyl sites for hydroxylation is 1. The smallest absolute Gasteiger partial charge is 0.123 e. The van der Waals surface area contributed by atoms with Gasteiger partial charge in [0.25, 0.3) is 0 Å². The lowest BCUT2D eigenvalue weighted by atomic mass is 10.0. The molecule has 0 aliphatic heterocycles. The fourth-order valence-electron chi connectivity index (χ4n) is 2.56. The molecule has 0 radical (unpaired) electrons. The molecule has 0 aliphatic carbocycles. The second-order valence-electron chi connectivity index (χ2n) is 5.71. The van der Waals surface area contributed by atoms with Crippen molar-refractivity contribution in [2.45, 2.75) is 77.6 Å². The Morgan fingerprint density at radius 3 is 2.00 bits per heavy atom. The van der Waals surface area contributed by atoms with Crippen LogP contribution in [0.1, 0.15) is 76.7 Å². The predicted octanol–water partition coefficient (Wildman–Crippen LogP) is 5.99. The maximum absolute atomic E-state index is 13.0. The van der Waals surface area contributed by atoms with Crippen LogP contribution in [-0.4, -0.2) is 5.11 Å². The minimum atomic E-state index is -0.259. The average Bonchev–Trinajstić information content (AvgIpc) is 2.44. The highest BCUT2D eigenvalue weighted by Crippen LogP contribution is 2.20. The van der Waals surface area contributed by atoms with Crippen LogP contribution < -0.4 is 0 Å². The summed E-state index contributed by atoms with van der Waals surface area (Å²) < 4.78 is 13.0. The summed E-state index contributed by atoms with van der Waals surface area (Å²) in [6, 6.07) is 4.20. The number of phenols is 1. The first kappa shape index (κ1) is 17.0. The molecular formula is C18H29FO. The van der Waals surface area contributed by atoms with Gasteiger partial charge < -0.3 is 5.11 Å². The maximum atomic E-state index is 13.0. The Labute approximate surface area is 123 Å². The highest BCUT2D eigenvalue weighted by Gasteiger charge is 2.02. The highest BCUT2D eigenvalue weighted by atomic mass is 19.1. The third-order valence-electron chi connectivity index (χ3n) is 3.84. The SMILES string of the molecule is CCCCCCCCCCCCc1cc(F)ccc1O. The molecule has 0 saturated heterocycles. The third-order valence-corrected chi connectivity index (χ3v) is 3.84. The Kier molecular flexibility index (Phi) is 9.10. The second-order valence-corrected chi connectivity index (χ2v) is 5.71. The molecule has 1 nitrogen and oxygen atoms in total. The van der Waals surface area contributed by atoms with Crippen molar-refractivity contribution in [3.63, 3.8) is 0 Å². The molecule has 0 bridgehead atoms. The fraction of sp³-hybridized carbons (Fsp3) is 0.667. The molecule has 1 rings (SSSR count). The molecule has 0 amide bonds. The van der Waals surface area contributed by atoms with Gasteiger partial charge in [0.05, 0.1) is 0 Å². The third kappa shape index (κ3) is 7.52. The summed E-state index contributed by atoms with van der Waals surface area (Å²) in [5, 5.41) is 9.61. The van der Waals surface area contributed by atoms with E-state index in [1.807, 2.05) is 0 Å². The van der Waals surface area contributed by atoms with Gasteiger partial charge in [0.15, 0.2) is 0 Å². The van der Waals surface area contributed by atoms with E-state index in [0.29, 0.717) is 0 Å². The molecule has 20 heavy (non-hydrogen) atoms. The molecule has 1 N–H and O–H groups in total. The normalized spacial score (nSPS) is 10.9. The predicted molar refractivity (Wildman–Crippen MR) is 83.6 cm³/mol. The van der Waals surface area contributed by atoms with Crippen molar-refractivity contribution in [3.05, 3.63) is 29.6 Å². The van der Waals surface area contributed by atoms with E-state index in [1.165, 1.54) is 76.0 Å². The van der Waals surface area contributed by atoms with Crippen LogP contribution in [0.4, 0.5) is 4.39 Å². The number of aromatic hydroxyl groups is 1. The topological polar surface area (TPSA) is 20.2 Å². The number of rotatable bonds is 11. The van der Waals surface area contributed by atoms with Crippen molar-refractivity contribution >= 4 is 0 Å². The minimum Gasteiger partial charge on any atom is -0.508 e. The van der Waals surface area contributed by atoms with E-state index >= 15 is 0 Å². The van der Waals surface area contributed by atoms with E-state index in [0.717, 1.165) is 18.4 Å². The zero-order chi connectivity index (χ0) is 14.6. The zero-order valence-electron chi connectivity index (χ0n) is 12.8. The van der Waals surface area contributed by atoms with Crippen LogP contribution in [0.2, 0.25) is 0 Å².